The van der Waals surface area contributed by atoms with Gasteiger partial charge in [0.1, 0.15) is 12.4 Å². The fourth-order valence-corrected chi connectivity index (χ4v) is 3.81. The Morgan fingerprint density at radius 3 is 2.67 bits per heavy atom. The molecule has 1 aliphatic heterocycles. The van der Waals surface area contributed by atoms with Gasteiger partial charge in [0.05, 0.1) is 24.8 Å². The van der Waals surface area contributed by atoms with Gasteiger partial charge in [-0.15, -0.1) is 0 Å². The number of allylic oxidation sites excluding steroid dienone is 1. The van der Waals surface area contributed by atoms with Crippen LogP contribution in [-0.2, 0) is 4.79 Å². The molecule has 1 aliphatic rings. The van der Waals surface area contributed by atoms with Gasteiger partial charge in [-0.05, 0) is 36.8 Å². The van der Waals surface area contributed by atoms with Crippen molar-refractivity contribution < 1.29 is 14.3 Å². The third-order valence-corrected chi connectivity index (χ3v) is 5.12. The van der Waals surface area contributed by atoms with Crippen LogP contribution in [-0.4, -0.2) is 34.9 Å². The summed E-state index contributed by atoms with van der Waals surface area (Å²) in [5.74, 6) is 1.15. The lowest BCUT2D eigenvalue weighted by atomic mass is 9.94. The molecule has 154 valence electrons. The molecule has 0 bridgehead atoms. The number of rotatable bonds is 5. The van der Waals surface area contributed by atoms with E-state index in [4.69, 9.17) is 21.1 Å². The summed E-state index contributed by atoms with van der Waals surface area (Å²) in [5.41, 5.74) is 2.56. The van der Waals surface area contributed by atoms with Crippen molar-refractivity contribution in [3.8, 4) is 11.5 Å². The van der Waals surface area contributed by atoms with Crippen molar-refractivity contribution in [2.75, 3.05) is 24.9 Å². The molecule has 1 amide bonds. The molecule has 1 aromatic heterocycles. The topological polar surface area (TPSA) is 90.3 Å². The number of hydrogen-bond donors (Lipinski definition) is 2. The molecule has 0 spiro atoms. The van der Waals surface area contributed by atoms with Crippen molar-refractivity contribution in [3.05, 3.63) is 70.6 Å². The first-order valence-electron chi connectivity index (χ1n) is 9.18. The number of carbonyl (C=O) groups is 1. The Hall–Kier alpha value is -3.52. The molecule has 3 aromatic rings. The Labute approximate surface area is 178 Å². The second-order valence-corrected chi connectivity index (χ2v) is 7.06. The fourth-order valence-electron chi connectivity index (χ4n) is 3.51. The van der Waals surface area contributed by atoms with Crippen molar-refractivity contribution >= 4 is 29.1 Å². The summed E-state index contributed by atoms with van der Waals surface area (Å²) in [6, 6.07) is 12.2. The molecule has 4 rings (SSSR count). The van der Waals surface area contributed by atoms with Gasteiger partial charge in [0.2, 0.25) is 5.95 Å². The van der Waals surface area contributed by atoms with E-state index in [1.54, 1.807) is 16.8 Å². The van der Waals surface area contributed by atoms with Crippen molar-refractivity contribution in [2.45, 2.75) is 13.0 Å². The van der Waals surface area contributed by atoms with E-state index >= 15 is 0 Å². The van der Waals surface area contributed by atoms with Crippen LogP contribution in [0.25, 0.3) is 0 Å². The van der Waals surface area contributed by atoms with Crippen LogP contribution in [0, 0.1) is 0 Å². The van der Waals surface area contributed by atoms with Crippen molar-refractivity contribution in [1.29, 1.82) is 0 Å². The third kappa shape index (κ3) is 3.46. The SMILES string of the molecule is COc1cc(C2C(C(=O)Nc3ccccc3)=C(C)Nc3ncnn32)cc(Cl)c1OC. The number of amides is 1. The molecule has 0 radical (unpaired) electrons. The number of fused-ring (bicyclic) bond motifs is 1. The molecule has 2 heterocycles. The molecular weight excluding hydrogens is 406 g/mol. The van der Waals surface area contributed by atoms with Gasteiger partial charge in [-0.25, -0.2) is 4.68 Å². The number of hydrogen-bond acceptors (Lipinski definition) is 6. The highest BCUT2D eigenvalue weighted by Gasteiger charge is 2.34. The highest BCUT2D eigenvalue weighted by atomic mass is 35.5. The second kappa shape index (κ2) is 8.08. The Morgan fingerprint density at radius 1 is 1.20 bits per heavy atom. The van der Waals surface area contributed by atoms with Crippen LogP contribution in [0.15, 0.2) is 60.1 Å². The minimum Gasteiger partial charge on any atom is -0.493 e. The summed E-state index contributed by atoms with van der Waals surface area (Å²) < 4.78 is 12.4. The minimum absolute atomic E-state index is 0.261. The van der Waals surface area contributed by atoms with Crippen molar-refractivity contribution in [3.63, 3.8) is 0 Å². The van der Waals surface area contributed by atoms with Gasteiger partial charge in [-0.3, -0.25) is 4.79 Å². The van der Waals surface area contributed by atoms with Crippen LogP contribution >= 0.6 is 11.6 Å². The van der Waals surface area contributed by atoms with Crippen molar-refractivity contribution in [2.24, 2.45) is 0 Å². The lowest BCUT2D eigenvalue weighted by molar-refractivity contribution is -0.113. The highest BCUT2D eigenvalue weighted by Crippen LogP contribution is 2.42. The molecule has 0 saturated heterocycles. The number of nitrogens with zero attached hydrogens (tertiary/aromatic N) is 3. The zero-order valence-electron chi connectivity index (χ0n) is 16.6. The summed E-state index contributed by atoms with van der Waals surface area (Å²) in [6.07, 6.45) is 1.43. The number of aromatic nitrogens is 3. The Bertz CT molecular complexity index is 1130. The number of halogens is 1. The first-order valence-corrected chi connectivity index (χ1v) is 9.56. The van der Waals surface area contributed by atoms with Gasteiger partial charge in [0.25, 0.3) is 5.91 Å². The highest BCUT2D eigenvalue weighted by molar-refractivity contribution is 6.32. The smallest absolute Gasteiger partial charge is 0.255 e. The minimum atomic E-state index is -0.565. The standard InChI is InChI=1S/C21H20ClN5O3/c1-12-17(20(28)26-14-7-5-4-6-8-14)18(27-21(25-12)23-11-24-27)13-9-15(22)19(30-3)16(10-13)29-2/h4-11,18H,1-3H3,(H,26,28)(H,23,24,25). The number of ether oxygens (including phenoxy) is 2. The number of methoxy groups -OCH3 is 2. The lowest BCUT2D eigenvalue weighted by Crippen LogP contribution is -2.31. The Morgan fingerprint density at radius 2 is 1.97 bits per heavy atom. The molecule has 1 atom stereocenters. The van der Waals surface area contributed by atoms with Crippen LogP contribution in [0.1, 0.15) is 18.5 Å². The number of benzene rings is 2. The largest absolute Gasteiger partial charge is 0.493 e. The first kappa shape index (κ1) is 19.8. The molecule has 0 fully saturated rings. The van der Waals surface area contributed by atoms with Crippen LogP contribution in [0.2, 0.25) is 5.02 Å². The van der Waals surface area contributed by atoms with Gasteiger partial charge in [-0.2, -0.15) is 10.1 Å². The monoisotopic (exact) mass is 425 g/mol. The molecule has 2 N–H and O–H groups in total. The second-order valence-electron chi connectivity index (χ2n) is 6.65. The maximum absolute atomic E-state index is 13.3. The quantitative estimate of drug-likeness (QED) is 0.644. The predicted octanol–water partition coefficient (Wildman–Crippen LogP) is 3.88. The third-order valence-electron chi connectivity index (χ3n) is 4.84. The molecule has 2 aromatic carbocycles. The Kier molecular flexibility index (Phi) is 5.33. The summed E-state index contributed by atoms with van der Waals surface area (Å²) in [5, 5.41) is 10.8. The zero-order chi connectivity index (χ0) is 21.3. The van der Waals surface area contributed by atoms with E-state index in [1.807, 2.05) is 37.3 Å². The first-order chi connectivity index (χ1) is 14.5. The molecule has 1 unspecified atom stereocenters. The van der Waals surface area contributed by atoms with E-state index in [1.165, 1.54) is 20.5 Å². The van der Waals surface area contributed by atoms with E-state index in [2.05, 4.69) is 20.7 Å². The van der Waals surface area contributed by atoms with E-state index in [-0.39, 0.29) is 5.91 Å². The normalized spacial score (nSPS) is 15.3. The zero-order valence-corrected chi connectivity index (χ0v) is 17.4. The van der Waals surface area contributed by atoms with E-state index in [0.717, 1.165) is 0 Å². The van der Waals surface area contributed by atoms with Crippen LogP contribution in [0.4, 0.5) is 11.6 Å². The maximum atomic E-state index is 13.3. The van der Waals surface area contributed by atoms with E-state index < -0.39 is 6.04 Å². The average molecular weight is 426 g/mol. The number of nitrogens with one attached hydrogen (secondary N) is 2. The van der Waals surface area contributed by atoms with E-state index in [9.17, 15) is 4.79 Å². The Balaban J connectivity index is 1.83. The fraction of sp³-hybridized carbons (Fsp3) is 0.190. The van der Waals surface area contributed by atoms with Crippen LogP contribution < -0.4 is 20.1 Å². The molecule has 9 heteroatoms. The molecule has 0 aliphatic carbocycles. The molecular formula is C21H20ClN5O3. The average Bonchev–Trinajstić information content (AvgIpc) is 3.20. The summed E-state index contributed by atoms with van der Waals surface area (Å²) >= 11 is 6.44. The van der Waals surface area contributed by atoms with Crippen LogP contribution in [0.5, 0.6) is 11.5 Å². The van der Waals surface area contributed by atoms with Gasteiger partial charge < -0.3 is 20.1 Å². The van der Waals surface area contributed by atoms with Crippen molar-refractivity contribution in [1.82, 2.24) is 14.8 Å². The molecule has 0 saturated carbocycles. The van der Waals surface area contributed by atoms with Gasteiger partial charge in [-0.1, -0.05) is 29.8 Å². The van der Waals surface area contributed by atoms with Gasteiger partial charge >= 0.3 is 0 Å². The molecule has 8 nitrogen and oxygen atoms in total. The van der Waals surface area contributed by atoms with Gasteiger partial charge in [0, 0.05) is 11.4 Å². The number of para-hydroxylation sites is 1. The number of anilines is 2. The summed E-state index contributed by atoms with van der Waals surface area (Å²) in [4.78, 5) is 17.5. The van der Waals surface area contributed by atoms with Crippen LogP contribution in [0.3, 0.4) is 0 Å². The molecule has 30 heavy (non-hydrogen) atoms. The maximum Gasteiger partial charge on any atom is 0.255 e. The summed E-state index contributed by atoms with van der Waals surface area (Å²) in [6.45, 7) is 1.83. The van der Waals surface area contributed by atoms with E-state index in [0.29, 0.717) is 45.0 Å². The number of carbonyl (C=O) groups excluding carboxylic acids is 1. The summed E-state index contributed by atoms with van der Waals surface area (Å²) in [7, 11) is 3.05. The van der Waals surface area contributed by atoms with Gasteiger partial charge in [0.15, 0.2) is 11.5 Å². The predicted molar refractivity (Wildman–Crippen MR) is 114 cm³/mol. The lowest BCUT2D eigenvalue weighted by Gasteiger charge is -2.29.